The van der Waals surface area contributed by atoms with Crippen molar-refractivity contribution in [2.75, 3.05) is 0 Å². The third kappa shape index (κ3) is 2.92. The Morgan fingerprint density at radius 1 is 0.920 bits per heavy atom. The lowest BCUT2D eigenvalue weighted by Gasteiger charge is -1.99. The fourth-order valence-corrected chi connectivity index (χ4v) is 3.44. The van der Waals surface area contributed by atoms with E-state index in [2.05, 4.69) is 63.9 Å². The second-order valence-corrected chi connectivity index (χ2v) is 6.97. The van der Waals surface area contributed by atoms with Gasteiger partial charge < -0.3 is 4.57 Å². The van der Waals surface area contributed by atoms with E-state index >= 15 is 0 Å². The van der Waals surface area contributed by atoms with Gasteiger partial charge in [0.2, 0.25) is 0 Å². The van der Waals surface area contributed by atoms with Gasteiger partial charge in [0.1, 0.15) is 0 Å². The number of halogens is 1. The molecule has 122 valence electrons. The second kappa shape index (κ2) is 6.34. The second-order valence-electron chi connectivity index (χ2n) is 6.06. The number of carbonyl (C=O) groups excluding carboxylic acids is 1. The third-order valence-corrected chi connectivity index (χ3v) is 5.02. The predicted molar refractivity (Wildman–Crippen MR) is 108 cm³/mol. The SMILES string of the molecule is Cn1c2ccccc2c2cc(/C=C/C(=O)c3ccc(Br)cc3)ccc21. The van der Waals surface area contributed by atoms with Crippen LogP contribution in [0.4, 0.5) is 0 Å². The molecule has 25 heavy (non-hydrogen) atoms. The summed E-state index contributed by atoms with van der Waals surface area (Å²) < 4.78 is 3.17. The van der Waals surface area contributed by atoms with Crippen LogP contribution in [0.5, 0.6) is 0 Å². The van der Waals surface area contributed by atoms with Gasteiger partial charge in [-0.1, -0.05) is 46.3 Å². The Labute approximate surface area is 154 Å². The topological polar surface area (TPSA) is 22.0 Å². The Hall–Kier alpha value is -2.65. The summed E-state index contributed by atoms with van der Waals surface area (Å²) in [7, 11) is 2.08. The van der Waals surface area contributed by atoms with E-state index in [9.17, 15) is 4.79 Å². The predicted octanol–water partition coefficient (Wildman–Crippen LogP) is 5.99. The molecule has 4 aromatic rings. The van der Waals surface area contributed by atoms with Crippen LogP contribution in [-0.2, 0) is 7.05 Å². The van der Waals surface area contributed by atoms with Gasteiger partial charge >= 0.3 is 0 Å². The molecule has 0 saturated carbocycles. The number of allylic oxidation sites excluding steroid dienone is 1. The minimum atomic E-state index is 0.00511. The highest BCUT2D eigenvalue weighted by Crippen LogP contribution is 2.29. The van der Waals surface area contributed by atoms with E-state index in [-0.39, 0.29) is 5.78 Å². The number of hydrogen-bond acceptors (Lipinski definition) is 1. The average molecular weight is 390 g/mol. The van der Waals surface area contributed by atoms with Crippen molar-refractivity contribution in [3.05, 3.63) is 88.4 Å². The summed E-state index contributed by atoms with van der Waals surface area (Å²) in [6.45, 7) is 0. The number of rotatable bonds is 3. The Kier molecular flexibility index (Phi) is 4.02. The highest BCUT2D eigenvalue weighted by Gasteiger charge is 2.07. The molecule has 0 aliphatic heterocycles. The fraction of sp³-hybridized carbons (Fsp3) is 0.0455. The van der Waals surface area contributed by atoms with Crippen LogP contribution in [0.3, 0.4) is 0 Å². The lowest BCUT2D eigenvalue weighted by atomic mass is 10.1. The summed E-state index contributed by atoms with van der Waals surface area (Å²) in [4.78, 5) is 12.3. The quantitative estimate of drug-likeness (QED) is 0.311. The van der Waals surface area contributed by atoms with Gasteiger partial charge in [-0.25, -0.2) is 0 Å². The molecule has 3 aromatic carbocycles. The zero-order chi connectivity index (χ0) is 17.4. The van der Waals surface area contributed by atoms with Gasteiger partial charge in [-0.2, -0.15) is 0 Å². The Bertz CT molecular complexity index is 1120. The van der Waals surface area contributed by atoms with Crippen LogP contribution >= 0.6 is 15.9 Å². The summed E-state index contributed by atoms with van der Waals surface area (Å²) >= 11 is 3.38. The van der Waals surface area contributed by atoms with E-state index in [0.717, 1.165) is 10.0 Å². The first-order valence-corrected chi connectivity index (χ1v) is 8.88. The molecule has 4 rings (SSSR count). The van der Waals surface area contributed by atoms with Crippen LogP contribution in [0.25, 0.3) is 27.9 Å². The molecule has 0 fully saturated rings. The number of hydrogen-bond donors (Lipinski definition) is 0. The zero-order valence-electron chi connectivity index (χ0n) is 13.7. The summed E-state index contributed by atoms with van der Waals surface area (Å²) in [5.74, 6) is 0.00511. The number of benzene rings is 3. The van der Waals surface area contributed by atoms with Gasteiger partial charge in [-0.3, -0.25) is 4.79 Å². The molecule has 0 aliphatic carbocycles. The van der Waals surface area contributed by atoms with Gasteiger partial charge in [-0.15, -0.1) is 0 Å². The minimum absolute atomic E-state index is 0.00511. The van der Waals surface area contributed by atoms with E-state index in [0.29, 0.717) is 5.56 Å². The van der Waals surface area contributed by atoms with Crippen LogP contribution in [0.1, 0.15) is 15.9 Å². The van der Waals surface area contributed by atoms with Crippen LogP contribution in [0, 0.1) is 0 Å². The number of fused-ring (bicyclic) bond motifs is 3. The van der Waals surface area contributed by atoms with Crippen LogP contribution < -0.4 is 0 Å². The number of aryl methyl sites for hydroxylation is 1. The minimum Gasteiger partial charge on any atom is -0.344 e. The van der Waals surface area contributed by atoms with E-state index in [1.54, 1.807) is 6.08 Å². The highest BCUT2D eigenvalue weighted by atomic mass is 79.9. The first-order valence-electron chi connectivity index (χ1n) is 8.08. The summed E-state index contributed by atoms with van der Waals surface area (Å²) in [6.07, 6.45) is 3.52. The normalized spacial score (nSPS) is 11.6. The molecule has 0 radical (unpaired) electrons. The third-order valence-electron chi connectivity index (χ3n) is 4.49. The fourth-order valence-electron chi connectivity index (χ4n) is 3.17. The monoisotopic (exact) mass is 389 g/mol. The van der Waals surface area contributed by atoms with E-state index in [4.69, 9.17) is 0 Å². The Balaban J connectivity index is 1.71. The van der Waals surface area contributed by atoms with Crippen molar-refractivity contribution in [1.29, 1.82) is 0 Å². The van der Waals surface area contributed by atoms with Crippen molar-refractivity contribution >= 4 is 49.6 Å². The molecule has 3 heteroatoms. The molecule has 0 atom stereocenters. The van der Waals surface area contributed by atoms with Crippen LogP contribution in [0.15, 0.2) is 77.3 Å². The van der Waals surface area contributed by atoms with E-state index < -0.39 is 0 Å². The standard InChI is InChI=1S/C22H16BrNO/c1-24-20-5-3-2-4-18(20)19-14-15(6-12-21(19)24)7-13-22(25)16-8-10-17(23)11-9-16/h2-14H,1H3/b13-7+. The summed E-state index contributed by atoms with van der Waals surface area (Å²) in [5.41, 5.74) is 4.11. The van der Waals surface area contributed by atoms with E-state index in [1.165, 1.54) is 21.8 Å². The average Bonchev–Trinajstić information content (AvgIpc) is 2.93. The molecular weight excluding hydrogens is 374 g/mol. The molecule has 0 aliphatic rings. The smallest absolute Gasteiger partial charge is 0.185 e. The first kappa shape index (κ1) is 15.9. The Morgan fingerprint density at radius 3 is 2.44 bits per heavy atom. The maximum Gasteiger partial charge on any atom is 0.185 e. The van der Waals surface area contributed by atoms with Crippen molar-refractivity contribution in [3.8, 4) is 0 Å². The van der Waals surface area contributed by atoms with Gasteiger partial charge in [0.15, 0.2) is 5.78 Å². The molecule has 1 aromatic heterocycles. The van der Waals surface area contributed by atoms with Crippen LogP contribution in [-0.4, -0.2) is 10.4 Å². The van der Waals surface area contributed by atoms with Crippen LogP contribution in [0.2, 0.25) is 0 Å². The van der Waals surface area contributed by atoms with Gasteiger partial charge in [0.05, 0.1) is 0 Å². The number of nitrogens with zero attached hydrogens (tertiary/aromatic N) is 1. The molecule has 0 unspecified atom stereocenters. The summed E-state index contributed by atoms with van der Waals surface area (Å²) in [6, 6.07) is 22.1. The van der Waals surface area contributed by atoms with Crippen molar-refractivity contribution < 1.29 is 4.79 Å². The molecule has 1 heterocycles. The molecule has 0 amide bonds. The first-order chi connectivity index (χ1) is 12.1. The van der Waals surface area contributed by atoms with Gasteiger partial charge in [0, 0.05) is 38.9 Å². The number of aromatic nitrogens is 1. The Morgan fingerprint density at radius 2 is 1.64 bits per heavy atom. The molecule has 0 saturated heterocycles. The number of para-hydroxylation sites is 1. The van der Waals surface area contributed by atoms with Crippen molar-refractivity contribution in [2.45, 2.75) is 0 Å². The molecule has 2 nitrogen and oxygen atoms in total. The molecule has 0 N–H and O–H groups in total. The largest absolute Gasteiger partial charge is 0.344 e. The van der Waals surface area contributed by atoms with Crippen molar-refractivity contribution in [3.63, 3.8) is 0 Å². The lowest BCUT2D eigenvalue weighted by Crippen LogP contribution is -1.93. The zero-order valence-corrected chi connectivity index (χ0v) is 15.3. The summed E-state index contributed by atoms with van der Waals surface area (Å²) in [5, 5.41) is 2.44. The number of ketones is 1. The lowest BCUT2D eigenvalue weighted by molar-refractivity contribution is 0.104. The molecule has 0 spiro atoms. The van der Waals surface area contributed by atoms with Crippen molar-refractivity contribution in [1.82, 2.24) is 4.57 Å². The van der Waals surface area contributed by atoms with Gasteiger partial charge in [-0.05, 0) is 54.1 Å². The maximum absolute atomic E-state index is 12.3. The molecule has 0 bridgehead atoms. The number of carbonyl (C=O) groups is 1. The van der Waals surface area contributed by atoms with Gasteiger partial charge in [0.25, 0.3) is 0 Å². The van der Waals surface area contributed by atoms with Crippen molar-refractivity contribution in [2.24, 2.45) is 7.05 Å². The maximum atomic E-state index is 12.3. The molecular formula is C22H16BrNO. The highest BCUT2D eigenvalue weighted by molar-refractivity contribution is 9.10. The van der Waals surface area contributed by atoms with E-state index in [1.807, 2.05) is 36.4 Å².